The van der Waals surface area contributed by atoms with Gasteiger partial charge in [-0.1, -0.05) is 47.7 Å². The molecule has 0 aliphatic carbocycles. The molecule has 258 valence electrons. The number of halogens is 1. The van der Waals surface area contributed by atoms with E-state index in [0.29, 0.717) is 45.2 Å². The van der Waals surface area contributed by atoms with Gasteiger partial charge in [0.05, 0.1) is 42.2 Å². The van der Waals surface area contributed by atoms with Crippen LogP contribution < -0.4 is 24.4 Å². The average molecular weight is 698 g/mol. The summed E-state index contributed by atoms with van der Waals surface area (Å²) in [6.07, 6.45) is 1.87. The Balaban J connectivity index is 1.51. The molecule has 1 aliphatic heterocycles. The van der Waals surface area contributed by atoms with Crippen molar-refractivity contribution in [1.82, 2.24) is 9.13 Å². The Bertz CT molecular complexity index is 2320. The number of carbonyl (C=O) groups excluding carboxylic acids is 2. The monoisotopic (exact) mass is 697 g/mol. The van der Waals surface area contributed by atoms with Gasteiger partial charge >= 0.3 is 11.9 Å². The fraction of sp³-hybridized carbons (Fsp3) is 0.263. The van der Waals surface area contributed by atoms with Crippen LogP contribution in [0.3, 0.4) is 0 Å². The van der Waals surface area contributed by atoms with Gasteiger partial charge in [0.2, 0.25) is 0 Å². The molecule has 0 radical (unpaired) electrons. The van der Waals surface area contributed by atoms with Crippen molar-refractivity contribution in [2.45, 2.75) is 40.3 Å². The van der Waals surface area contributed by atoms with E-state index in [4.69, 9.17) is 23.9 Å². The highest BCUT2D eigenvalue weighted by Crippen LogP contribution is 2.36. The molecule has 0 N–H and O–H groups in total. The van der Waals surface area contributed by atoms with E-state index < -0.39 is 18.0 Å². The Morgan fingerprint density at radius 1 is 0.980 bits per heavy atom. The van der Waals surface area contributed by atoms with E-state index in [9.17, 15) is 18.8 Å². The lowest BCUT2D eigenvalue weighted by Crippen LogP contribution is -2.40. The second kappa shape index (κ2) is 14.6. The topological polar surface area (TPSA) is 110 Å². The molecule has 1 aliphatic rings. The highest BCUT2D eigenvalue weighted by Gasteiger charge is 2.34. The molecule has 0 unspecified atom stereocenters. The largest absolute Gasteiger partial charge is 0.490 e. The smallest absolute Gasteiger partial charge is 0.343 e. The number of methoxy groups -OCH3 is 1. The third-order valence-electron chi connectivity index (χ3n) is 8.48. The minimum Gasteiger partial charge on any atom is -0.490 e. The van der Waals surface area contributed by atoms with Crippen LogP contribution in [0.4, 0.5) is 4.39 Å². The standard InChI is InChI=1S/C38H36FN3O7S/c1-6-47-31-18-25(14-17-30(31)49-21-33(43)46-5)35-34(37(45)48-7-2)22(3)40-38-42(35)36(44)32(50-38)19-28-23(4)41(29-11-9-8-10-27(28)29)20-24-12-15-26(39)16-13-24/h8-19,35H,6-7,20-21H2,1-5H3/b32-19+/t35-/m1/s1. The predicted octanol–water partition coefficient (Wildman–Crippen LogP) is 5.20. The lowest BCUT2D eigenvalue weighted by Gasteiger charge is -2.25. The van der Waals surface area contributed by atoms with E-state index in [1.54, 1.807) is 44.2 Å². The van der Waals surface area contributed by atoms with E-state index in [0.717, 1.165) is 27.7 Å². The first-order valence-corrected chi connectivity index (χ1v) is 16.9. The fourth-order valence-corrected chi connectivity index (χ4v) is 7.16. The van der Waals surface area contributed by atoms with Gasteiger partial charge in [0, 0.05) is 28.7 Å². The number of para-hydroxylation sites is 1. The van der Waals surface area contributed by atoms with Gasteiger partial charge < -0.3 is 23.5 Å². The molecule has 6 rings (SSSR count). The maximum Gasteiger partial charge on any atom is 0.343 e. The number of fused-ring (bicyclic) bond motifs is 2. The van der Waals surface area contributed by atoms with Crippen molar-refractivity contribution in [3.05, 3.63) is 126 Å². The highest BCUT2D eigenvalue weighted by molar-refractivity contribution is 7.07. The summed E-state index contributed by atoms with van der Waals surface area (Å²) in [5, 5.41) is 0.960. The van der Waals surface area contributed by atoms with Crippen molar-refractivity contribution >= 4 is 40.3 Å². The van der Waals surface area contributed by atoms with Crippen molar-refractivity contribution in [2.75, 3.05) is 26.9 Å². The van der Waals surface area contributed by atoms with Crippen LogP contribution in [0, 0.1) is 12.7 Å². The van der Waals surface area contributed by atoms with Crippen LogP contribution in [-0.4, -0.2) is 48.0 Å². The van der Waals surface area contributed by atoms with E-state index in [1.165, 1.54) is 35.1 Å². The number of nitrogens with zero attached hydrogens (tertiary/aromatic N) is 3. The van der Waals surface area contributed by atoms with Gasteiger partial charge in [0.1, 0.15) is 5.82 Å². The minimum absolute atomic E-state index is 0.137. The number of esters is 2. The molecule has 0 amide bonds. The maximum absolute atomic E-state index is 14.5. The number of rotatable bonds is 11. The van der Waals surface area contributed by atoms with Crippen LogP contribution in [0.2, 0.25) is 0 Å². The molecule has 3 heterocycles. The number of hydrogen-bond donors (Lipinski definition) is 0. The number of carbonyl (C=O) groups is 2. The third kappa shape index (κ3) is 6.58. The van der Waals surface area contributed by atoms with Crippen molar-refractivity contribution in [3.8, 4) is 11.5 Å². The molecule has 1 atom stereocenters. The zero-order valence-corrected chi connectivity index (χ0v) is 29.1. The molecule has 0 spiro atoms. The summed E-state index contributed by atoms with van der Waals surface area (Å²) >= 11 is 1.23. The molecule has 5 aromatic rings. The number of allylic oxidation sites excluding steroid dienone is 1. The number of thiazole rings is 1. The average Bonchev–Trinajstić information content (AvgIpc) is 3.56. The third-order valence-corrected chi connectivity index (χ3v) is 9.47. The molecule has 0 saturated heterocycles. The number of aromatic nitrogens is 2. The Morgan fingerprint density at radius 3 is 2.46 bits per heavy atom. The molecular formula is C38H36FN3O7S. The van der Waals surface area contributed by atoms with Crippen LogP contribution in [0.25, 0.3) is 17.0 Å². The van der Waals surface area contributed by atoms with Crippen molar-refractivity contribution in [3.63, 3.8) is 0 Å². The Morgan fingerprint density at radius 2 is 1.74 bits per heavy atom. The van der Waals surface area contributed by atoms with Gasteiger partial charge in [0.15, 0.2) is 22.9 Å². The maximum atomic E-state index is 14.5. The van der Waals surface area contributed by atoms with Crippen LogP contribution in [-0.2, 0) is 25.6 Å². The molecular weight excluding hydrogens is 661 g/mol. The summed E-state index contributed by atoms with van der Waals surface area (Å²) < 4.78 is 39.4. The molecule has 10 nitrogen and oxygen atoms in total. The van der Waals surface area contributed by atoms with Gasteiger partial charge in [-0.3, -0.25) is 9.36 Å². The predicted molar refractivity (Wildman–Crippen MR) is 188 cm³/mol. The lowest BCUT2D eigenvalue weighted by atomic mass is 9.95. The van der Waals surface area contributed by atoms with Crippen LogP contribution in [0.15, 0.2) is 87.8 Å². The second-order valence-electron chi connectivity index (χ2n) is 11.5. The molecule has 0 fully saturated rings. The van der Waals surface area contributed by atoms with Crippen molar-refractivity contribution < 1.29 is 32.9 Å². The van der Waals surface area contributed by atoms with Gasteiger partial charge in [0.25, 0.3) is 5.56 Å². The number of ether oxygens (including phenoxy) is 4. The molecule has 0 bridgehead atoms. The van der Waals surface area contributed by atoms with E-state index in [1.807, 2.05) is 44.2 Å². The Hall–Kier alpha value is -5.49. The van der Waals surface area contributed by atoms with Crippen molar-refractivity contribution in [2.24, 2.45) is 4.99 Å². The van der Waals surface area contributed by atoms with Gasteiger partial charge in [-0.15, -0.1) is 0 Å². The van der Waals surface area contributed by atoms with Crippen LogP contribution in [0.1, 0.15) is 49.2 Å². The Kier molecular flexibility index (Phi) is 10.0. The fourth-order valence-electron chi connectivity index (χ4n) is 6.13. The van der Waals surface area contributed by atoms with E-state index >= 15 is 0 Å². The summed E-state index contributed by atoms with van der Waals surface area (Å²) in [6, 6.07) is 18.5. The first-order valence-electron chi connectivity index (χ1n) is 16.1. The van der Waals surface area contributed by atoms with E-state index in [-0.39, 0.29) is 30.2 Å². The Labute approximate surface area is 291 Å². The lowest BCUT2D eigenvalue weighted by molar-refractivity contribution is -0.143. The van der Waals surface area contributed by atoms with Gasteiger partial charge in [-0.05, 0) is 75.2 Å². The SMILES string of the molecule is CCOC(=O)C1=C(C)N=c2s/c(=C/c3c(C)n(Cc4ccc(F)cc4)c4ccccc34)c(=O)n2[C@@H]1c1ccc(OCC(=O)OC)c(OCC)c1. The summed E-state index contributed by atoms with van der Waals surface area (Å²) in [6.45, 7) is 7.88. The molecule has 0 saturated carbocycles. The number of benzene rings is 3. The highest BCUT2D eigenvalue weighted by atomic mass is 32.1. The quantitative estimate of drug-likeness (QED) is 0.175. The summed E-state index contributed by atoms with van der Waals surface area (Å²) in [5.41, 5.74) is 4.62. The first kappa shape index (κ1) is 34.4. The minimum atomic E-state index is -0.887. The first-order chi connectivity index (χ1) is 24.1. The van der Waals surface area contributed by atoms with Crippen LogP contribution >= 0.6 is 11.3 Å². The summed E-state index contributed by atoms with van der Waals surface area (Å²) in [5.74, 6) is -0.800. The second-order valence-corrected chi connectivity index (χ2v) is 12.5. The summed E-state index contributed by atoms with van der Waals surface area (Å²) in [4.78, 5) is 44.8. The summed E-state index contributed by atoms with van der Waals surface area (Å²) in [7, 11) is 1.27. The molecule has 3 aromatic carbocycles. The molecule has 12 heteroatoms. The van der Waals surface area contributed by atoms with Gasteiger partial charge in [-0.25, -0.2) is 19.0 Å². The van der Waals surface area contributed by atoms with Gasteiger partial charge in [-0.2, -0.15) is 0 Å². The van der Waals surface area contributed by atoms with Crippen molar-refractivity contribution in [1.29, 1.82) is 0 Å². The van der Waals surface area contributed by atoms with Crippen LogP contribution in [0.5, 0.6) is 11.5 Å². The normalized spacial score (nSPS) is 14.4. The zero-order chi connectivity index (χ0) is 35.5. The molecule has 2 aromatic heterocycles. The van der Waals surface area contributed by atoms with E-state index in [2.05, 4.69) is 4.57 Å². The number of hydrogen-bond acceptors (Lipinski definition) is 9. The zero-order valence-electron chi connectivity index (χ0n) is 28.3. The molecule has 50 heavy (non-hydrogen) atoms.